The molecule has 0 aliphatic carbocycles. The van der Waals surface area contributed by atoms with Gasteiger partial charge in [-0.05, 0) is 42.7 Å². The second-order valence-electron chi connectivity index (χ2n) is 6.37. The lowest BCUT2D eigenvalue weighted by atomic mass is 9.98. The van der Waals surface area contributed by atoms with E-state index in [1.54, 1.807) is 37.3 Å². The van der Waals surface area contributed by atoms with Crippen LogP contribution in [0.25, 0.3) is 0 Å². The molecule has 1 N–H and O–H groups in total. The molecule has 1 fully saturated rings. The van der Waals surface area contributed by atoms with Gasteiger partial charge in [0.25, 0.3) is 0 Å². The maximum atomic E-state index is 13.1. The van der Waals surface area contributed by atoms with E-state index in [1.807, 2.05) is 6.07 Å². The summed E-state index contributed by atoms with van der Waals surface area (Å²) in [6.45, 7) is 1.87. The van der Waals surface area contributed by atoms with Crippen molar-refractivity contribution in [3.05, 3.63) is 70.8 Å². The van der Waals surface area contributed by atoms with Gasteiger partial charge in [0.1, 0.15) is 4.75 Å². The second-order valence-corrected chi connectivity index (χ2v) is 7.78. The number of benzene rings is 2. The molecule has 4 nitrogen and oxygen atoms in total. The molecule has 3 rings (SSSR count). The number of nitrogens with zero attached hydrogens (tertiary/aromatic N) is 2. The van der Waals surface area contributed by atoms with Gasteiger partial charge in [-0.25, -0.2) is 0 Å². The SMILES string of the molecule is CC1(c2ccc(C#N)cc2)SC(=NCCc2ccccc2C(F)(F)F)NC1=O. The number of nitrogens with one attached hydrogen (secondary N) is 1. The molecule has 0 radical (unpaired) electrons. The molecule has 144 valence electrons. The molecule has 1 amide bonds. The van der Waals surface area contributed by atoms with Gasteiger partial charge < -0.3 is 5.32 Å². The lowest BCUT2D eigenvalue weighted by Crippen LogP contribution is -2.31. The number of alkyl halides is 3. The van der Waals surface area contributed by atoms with Crippen molar-refractivity contribution in [2.24, 2.45) is 4.99 Å². The topological polar surface area (TPSA) is 65.2 Å². The first kappa shape index (κ1) is 20.0. The molecule has 8 heteroatoms. The Morgan fingerprint density at radius 3 is 2.50 bits per heavy atom. The minimum absolute atomic E-state index is 0.114. The lowest BCUT2D eigenvalue weighted by Gasteiger charge is -2.19. The summed E-state index contributed by atoms with van der Waals surface area (Å²) >= 11 is 1.22. The summed E-state index contributed by atoms with van der Waals surface area (Å²) < 4.78 is 38.3. The van der Waals surface area contributed by atoms with Gasteiger partial charge in [0.15, 0.2) is 5.17 Å². The number of thioether (sulfide) groups is 1. The maximum Gasteiger partial charge on any atom is 0.416 e. The largest absolute Gasteiger partial charge is 0.416 e. The fraction of sp³-hybridized carbons (Fsp3) is 0.250. The number of amides is 1. The molecule has 1 heterocycles. The molecule has 0 spiro atoms. The normalized spacial score (nSPS) is 20.8. The molecular weight excluding hydrogens is 387 g/mol. The summed E-state index contributed by atoms with van der Waals surface area (Å²) in [6.07, 6.45) is -4.29. The fourth-order valence-corrected chi connectivity index (χ4v) is 3.98. The van der Waals surface area contributed by atoms with Gasteiger partial charge in [-0.2, -0.15) is 18.4 Å². The van der Waals surface area contributed by atoms with Crippen molar-refractivity contribution in [3.8, 4) is 6.07 Å². The van der Waals surface area contributed by atoms with Crippen molar-refractivity contribution in [2.75, 3.05) is 6.54 Å². The van der Waals surface area contributed by atoms with Crippen LogP contribution < -0.4 is 5.32 Å². The third kappa shape index (κ3) is 4.04. The molecule has 1 aliphatic heterocycles. The molecule has 2 aromatic rings. The quantitative estimate of drug-likeness (QED) is 0.830. The molecule has 1 unspecified atom stereocenters. The predicted molar refractivity (Wildman–Crippen MR) is 102 cm³/mol. The molecule has 2 aromatic carbocycles. The zero-order valence-corrected chi connectivity index (χ0v) is 15.7. The van der Waals surface area contributed by atoms with Crippen LogP contribution in [0, 0.1) is 11.3 Å². The highest BCUT2D eigenvalue weighted by Gasteiger charge is 2.44. The Morgan fingerprint density at radius 1 is 1.18 bits per heavy atom. The molecule has 0 saturated carbocycles. The summed E-state index contributed by atoms with van der Waals surface area (Å²) in [5, 5.41) is 12.0. The Kier molecular flexibility index (Phi) is 5.47. The minimum atomic E-state index is -4.41. The van der Waals surface area contributed by atoms with Crippen LogP contribution in [-0.4, -0.2) is 17.6 Å². The van der Waals surface area contributed by atoms with Crippen molar-refractivity contribution in [1.29, 1.82) is 5.26 Å². The number of carbonyl (C=O) groups excluding carboxylic acids is 1. The first-order valence-electron chi connectivity index (χ1n) is 8.45. The van der Waals surface area contributed by atoms with Crippen LogP contribution in [0.5, 0.6) is 0 Å². The van der Waals surface area contributed by atoms with E-state index in [-0.39, 0.29) is 24.4 Å². The van der Waals surface area contributed by atoms with Gasteiger partial charge >= 0.3 is 6.18 Å². The highest BCUT2D eigenvalue weighted by molar-refractivity contribution is 8.15. The van der Waals surface area contributed by atoms with E-state index in [9.17, 15) is 18.0 Å². The minimum Gasteiger partial charge on any atom is -0.304 e. The fourth-order valence-electron chi connectivity index (χ4n) is 2.90. The van der Waals surface area contributed by atoms with Crippen LogP contribution >= 0.6 is 11.8 Å². The first-order valence-corrected chi connectivity index (χ1v) is 9.26. The lowest BCUT2D eigenvalue weighted by molar-refractivity contribution is -0.138. The number of amidine groups is 1. The summed E-state index contributed by atoms with van der Waals surface area (Å²) in [4.78, 5) is 16.7. The highest BCUT2D eigenvalue weighted by atomic mass is 32.2. The number of aliphatic imine (C=N–C) groups is 1. The predicted octanol–water partition coefficient (Wildman–Crippen LogP) is 4.25. The number of rotatable bonds is 4. The molecule has 1 saturated heterocycles. The third-order valence-electron chi connectivity index (χ3n) is 4.48. The van der Waals surface area contributed by atoms with Crippen molar-refractivity contribution in [1.82, 2.24) is 5.32 Å². The van der Waals surface area contributed by atoms with E-state index in [4.69, 9.17) is 5.26 Å². The summed E-state index contributed by atoms with van der Waals surface area (Å²) in [6, 6.07) is 14.1. The van der Waals surface area contributed by atoms with Gasteiger partial charge in [0.05, 0.1) is 17.2 Å². The number of hydrogen-bond donors (Lipinski definition) is 1. The van der Waals surface area contributed by atoms with Gasteiger partial charge in [-0.1, -0.05) is 42.1 Å². The first-order chi connectivity index (χ1) is 13.2. The Morgan fingerprint density at radius 2 is 1.86 bits per heavy atom. The molecule has 0 bridgehead atoms. The smallest absolute Gasteiger partial charge is 0.304 e. The number of carbonyl (C=O) groups is 1. The van der Waals surface area contributed by atoms with Gasteiger partial charge in [0.2, 0.25) is 5.91 Å². The average Bonchev–Trinajstić information content (AvgIpc) is 2.96. The Hall–Kier alpha value is -2.79. The van der Waals surface area contributed by atoms with E-state index < -0.39 is 16.5 Å². The summed E-state index contributed by atoms with van der Waals surface area (Å²) in [7, 11) is 0. The zero-order chi connectivity index (χ0) is 20.4. The Bertz CT molecular complexity index is 964. The number of hydrogen-bond acceptors (Lipinski definition) is 4. The van der Waals surface area contributed by atoms with Crippen LogP contribution in [0.4, 0.5) is 13.2 Å². The van der Waals surface area contributed by atoms with Gasteiger partial charge in [-0.3, -0.25) is 9.79 Å². The van der Waals surface area contributed by atoms with E-state index in [0.717, 1.165) is 11.6 Å². The van der Waals surface area contributed by atoms with Gasteiger partial charge in [0, 0.05) is 6.54 Å². The van der Waals surface area contributed by atoms with Gasteiger partial charge in [-0.15, -0.1) is 0 Å². The average molecular weight is 403 g/mol. The van der Waals surface area contributed by atoms with Crippen molar-refractivity contribution < 1.29 is 18.0 Å². The molecule has 28 heavy (non-hydrogen) atoms. The molecule has 0 aromatic heterocycles. The van der Waals surface area contributed by atoms with E-state index >= 15 is 0 Å². The summed E-state index contributed by atoms with van der Waals surface area (Å²) in [5.41, 5.74) is 0.721. The molecular formula is C20H16F3N3OS. The van der Waals surface area contributed by atoms with Crippen LogP contribution in [0.3, 0.4) is 0 Å². The number of nitriles is 1. The highest BCUT2D eigenvalue weighted by Crippen LogP contribution is 2.41. The standard InChI is InChI=1S/C20H16F3N3OS/c1-19(15-8-6-13(12-24)7-9-15)17(27)26-18(28-19)25-11-10-14-4-2-3-5-16(14)20(21,22)23/h2-9H,10-11H2,1H3,(H,25,26,27). The second kappa shape index (κ2) is 7.68. The third-order valence-corrected chi connectivity index (χ3v) is 5.73. The monoisotopic (exact) mass is 403 g/mol. The molecule has 1 aliphatic rings. The maximum absolute atomic E-state index is 13.1. The molecule has 1 atom stereocenters. The Labute approximate surface area is 164 Å². The number of halogens is 3. The Balaban J connectivity index is 1.72. The van der Waals surface area contributed by atoms with Crippen molar-refractivity contribution in [2.45, 2.75) is 24.3 Å². The zero-order valence-electron chi connectivity index (χ0n) is 14.9. The van der Waals surface area contributed by atoms with E-state index in [2.05, 4.69) is 10.3 Å². The van der Waals surface area contributed by atoms with Crippen LogP contribution in [-0.2, 0) is 22.1 Å². The van der Waals surface area contributed by atoms with Crippen molar-refractivity contribution >= 4 is 22.8 Å². The van der Waals surface area contributed by atoms with Crippen molar-refractivity contribution in [3.63, 3.8) is 0 Å². The van der Waals surface area contributed by atoms with E-state index in [1.165, 1.54) is 23.9 Å². The van der Waals surface area contributed by atoms with Crippen LogP contribution in [0.2, 0.25) is 0 Å². The van der Waals surface area contributed by atoms with Crippen LogP contribution in [0.15, 0.2) is 53.5 Å². The van der Waals surface area contributed by atoms with Crippen LogP contribution in [0.1, 0.15) is 29.2 Å². The summed E-state index contributed by atoms with van der Waals surface area (Å²) in [5.74, 6) is -0.253. The van der Waals surface area contributed by atoms with E-state index in [0.29, 0.717) is 10.7 Å².